The number of nitrogens with zero attached hydrogens (tertiary/aromatic N) is 2. The van der Waals surface area contributed by atoms with Gasteiger partial charge in [0.1, 0.15) is 5.82 Å². The predicted molar refractivity (Wildman–Crippen MR) is 122 cm³/mol. The number of alkyl halides is 3. The van der Waals surface area contributed by atoms with Crippen molar-refractivity contribution >= 4 is 28.8 Å². The average Bonchev–Trinajstić information content (AvgIpc) is 2.82. The molecule has 33 heavy (non-hydrogen) atoms. The standard InChI is InChI=1S/C23H21F3N4O2S/c1-14(17-10-6-7-11-28-17)29-18(31)13-32-19-12-16(23(24,25)26)20(22(27-2)30-19)21(33)15-8-4-3-5-9-15/h3-12,14H,13H2,1-2H3,(H,27,30)(H,29,31). The third-order valence-corrected chi connectivity index (χ3v) is 5.10. The van der Waals surface area contributed by atoms with Crippen molar-refractivity contribution in [1.82, 2.24) is 15.3 Å². The van der Waals surface area contributed by atoms with Gasteiger partial charge in [0.25, 0.3) is 5.91 Å². The number of aromatic nitrogens is 2. The fourth-order valence-electron chi connectivity index (χ4n) is 3.09. The lowest BCUT2D eigenvalue weighted by molar-refractivity contribution is -0.137. The first-order valence-corrected chi connectivity index (χ1v) is 10.3. The van der Waals surface area contributed by atoms with Gasteiger partial charge in [0, 0.05) is 24.9 Å². The molecule has 0 saturated heterocycles. The van der Waals surface area contributed by atoms with Crippen LogP contribution in [-0.2, 0) is 11.0 Å². The quantitative estimate of drug-likeness (QED) is 0.368. The van der Waals surface area contributed by atoms with E-state index in [2.05, 4.69) is 20.6 Å². The lowest BCUT2D eigenvalue weighted by Gasteiger charge is -2.19. The molecular formula is C23H21F3N4O2S. The molecule has 2 aromatic heterocycles. The minimum atomic E-state index is -4.73. The summed E-state index contributed by atoms with van der Waals surface area (Å²) >= 11 is 5.35. The van der Waals surface area contributed by atoms with Crippen LogP contribution in [0.2, 0.25) is 0 Å². The Kier molecular flexibility index (Phi) is 7.59. The molecule has 0 aliphatic rings. The summed E-state index contributed by atoms with van der Waals surface area (Å²) in [6.45, 7) is 1.21. The number of hydrogen-bond donors (Lipinski definition) is 2. The molecule has 0 aliphatic heterocycles. The number of halogens is 3. The van der Waals surface area contributed by atoms with Crippen molar-refractivity contribution in [3.63, 3.8) is 0 Å². The first kappa shape index (κ1) is 24.1. The van der Waals surface area contributed by atoms with Crippen molar-refractivity contribution in [3.05, 3.63) is 83.2 Å². The lowest BCUT2D eigenvalue weighted by atomic mass is 9.99. The fraction of sp³-hybridized carbons (Fsp3) is 0.217. The van der Waals surface area contributed by atoms with E-state index in [0.717, 1.165) is 6.07 Å². The van der Waals surface area contributed by atoms with Crippen LogP contribution in [0.4, 0.5) is 19.0 Å². The zero-order valence-corrected chi connectivity index (χ0v) is 18.6. The number of anilines is 1. The maximum absolute atomic E-state index is 13.9. The smallest absolute Gasteiger partial charge is 0.417 e. The van der Waals surface area contributed by atoms with Crippen molar-refractivity contribution in [2.75, 3.05) is 19.0 Å². The zero-order valence-electron chi connectivity index (χ0n) is 17.8. The minimum absolute atomic E-state index is 0.00625. The Morgan fingerprint density at radius 3 is 2.45 bits per heavy atom. The summed E-state index contributed by atoms with van der Waals surface area (Å²) in [6.07, 6.45) is -3.13. The van der Waals surface area contributed by atoms with Gasteiger partial charge >= 0.3 is 6.18 Å². The number of amides is 1. The van der Waals surface area contributed by atoms with Gasteiger partial charge in [-0.15, -0.1) is 0 Å². The van der Waals surface area contributed by atoms with Gasteiger partial charge in [0.05, 0.1) is 22.2 Å². The highest BCUT2D eigenvalue weighted by atomic mass is 32.1. The molecule has 1 aromatic carbocycles. The van der Waals surface area contributed by atoms with E-state index < -0.39 is 30.3 Å². The molecule has 2 heterocycles. The number of pyridine rings is 2. The van der Waals surface area contributed by atoms with E-state index in [-0.39, 0.29) is 22.1 Å². The van der Waals surface area contributed by atoms with Gasteiger partial charge in [-0.25, -0.2) is 0 Å². The van der Waals surface area contributed by atoms with Crippen molar-refractivity contribution in [3.8, 4) is 5.88 Å². The Labute approximate surface area is 194 Å². The molecule has 0 aliphatic carbocycles. The Morgan fingerprint density at radius 2 is 1.85 bits per heavy atom. The van der Waals surface area contributed by atoms with Crippen LogP contribution in [0.1, 0.15) is 35.3 Å². The lowest BCUT2D eigenvalue weighted by Crippen LogP contribution is -2.31. The molecule has 0 saturated carbocycles. The molecule has 172 valence electrons. The summed E-state index contributed by atoms with van der Waals surface area (Å²) in [4.78, 5) is 20.5. The third kappa shape index (κ3) is 6.04. The van der Waals surface area contributed by atoms with Crippen LogP contribution in [0, 0.1) is 0 Å². The Hall–Kier alpha value is -3.53. The summed E-state index contributed by atoms with van der Waals surface area (Å²) in [5, 5.41) is 5.33. The maximum Gasteiger partial charge on any atom is 0.417 e. The molecule has 0 spiro atoms. The molecule has 3 rings (SSSR count). The van der Waals surface area contributed by atoms with Crippen molar-refractivity contribution in [2.24, 2.45) is 0 Å². The van der Waals surface area contributed by atoms with E-state index >= 15 is 0 Å². The highest BCUT2D eigenvalue weighted by Gasteiger charge is 2.37. The van der Waals surface area contributed by atoms with Gasteiger partial charge < -0.3 is 15.4 Å². The minimum Gasteiger partial charge on any atom is -0.467 e. The summed E-state index contributed by atoms with van der Waals surface area (Å²) in [5.41, 5.74) is -0.174. The van der Waals surface area contributed by atoms with Crippen LogP contribution >= 0.6 is 12.2 Å². The Balaban J connectivity index is 1.83. The number of carbonyl (C=O) groups is 1. The first-order valence-electron chi connectivity index (χ1n) is 9.93. The van der Waals surface area contributed by atoms with E-state index in [1.54, 1.807) is 61.7 Å². The van der Waals surface area contributed by atoms with Crippen LogP contribution in [0.3, 0.4) is 0 Å². The van der Waals surface area contributed by atoms with Crippen LogP contribution in [-0.4, -0.2) is 34.4 Å². The summed E-state index contributed by atoms with van der Waals surface area (Å²) in [7, 11) is 1.44. The molecule has 1 atom stereocenters. The highest BCUT2D eigenvalue weighted by molar-refractivity contribution is 7.81. The summed E-state index contributed by atoms with van der Waals surface area (Å²) < 4.78 is 47.1. The topological polar surface area (TPSA) is 76.1 Å². The monoisotopic (exact) mass is 474 g/mol. The Bertz CT molecular complexity index is 1130. The van der Waals surface area contributed by atoms with Crippen LogP contribution < -0.4 is 15.4 Å². The molecule has 10 heteroatoms. The van der Waals surface area contributed by atoms with E-state index in [0.29, 0.717) is 11.3 Å². The summed E-state index contributed by atoms with van der Waals surface area (Å²) in [5.74, 6) is -0.985. The van der Waals surface area contributed by atoms with Gasteiger partial charge in [-0.3, -0.25) is 9.78 Å². The van der Waals surface area contributed by atoms with E-state index in [9.17, 15) is 18.0 Å². The second-order valence-electron chi connectivity index (χ2n) is 7.01. The normalized spacial score (nSPS) is 12.0. The molecule has 0 radical (unpaired) electrons. The van der Waals surface area contributed by atoms with E-state index in [1.165, 1.54) is 7.05 Å². The first-order chi connectivity index (χ1) is 15.7. The Morgan fingerprint density at radius 1 is 1.15 bits per heavy atom. The fourth-order valence-corrected chi connectivity index (χ4v) is 3.44. The van der Waals surface area contributed by atoms with Gasteiger partial charge in [0.2, 0.25) is 5.88 Å². The van der Waals surface area contributed by atoms with Gasteiger partial charge in [-0.2, -0.15) is 18.2 Å². The van der Waals surface area contributed by atoms with Crippen LogP contribution in [0.15, 0.2) is 60.8 Å². The molecule has 1 amide bonds. The third-order valence-electron chi connectivity index (χ3n) is 4.66. The number of rotatable bonds is 8. The predicted octanol–water partition coefficient (Wildman–Crippen LogP) is 4.56. The summed E-state index contributed by atoms with van der Waals surface area (Å²) in [6, 6.07) is 14.0. The van der Waals surface area contributed by atoms with E-state index in [4.69, 9.17) is 17.0 Å². The van der Waals surface area contributed by atoms with Gasteiger partial charge in [0.15, 0.2) is 6.61 Å². The second kappa shape index (κ2) is 10.4. The number of ether oxygens (including phenoxy) is 1. The highest BCUT2D eigenvalue weighted by Crippen LogP contribution is 2.38. The molecule has 3 aromatic rings. The van der Waals surface area contributed by atoms with Crippen LogP contribution in [0.25, 0.3) is 0 Å². The second-order valence-corrected chi connectivity index (χ2v) is 7.42. The van der Waals surface area contributed by atoms with Crippen molar-refractivity contribution < 1.29 is 22.7 Å². The number of thiocarbonyl (C=S) groups is 1. The number of benzene rings is 1. The van der Waals surface area contributed by atoms with Crippen molar-refractivity contribution in [2.45, 2.75) is 19.1 Å². The largest absolute Gasteiger partial charge is 0.467 e. The molecule has 1 unspecified atom stereocenters. The maximum atomic E-state index is 13.9. The zero-order chi connectivity index (χ0) is 24.0. The van der Waals surface area contributed by atoms with Crippen molar-refractivity contribution in [1.29, 1.82) is 0 Å². The SMILES string of the molecule is CNc1nc(OCC(=O)NC(C)c2ccccn2)cc(C(F)(F)F)c1C(=S)c1ccccc1. The average molecular weight is 475 g/mol. The molecule has 0 fully saturated rings. The number of carbonyl (C=O) groups excluding carboxylic acids is 1. The molecule has 2 N–H and O–H groups in total. The molecule has 0 bridgehead atoms. The van der Waals surface area contributed by atoms with Crippen LogP contribution in [0.5, 0.6) is 5.88 Å². The van der Waals surface area contributed by atoms with E-state index in [1.807, 2.05) is 0 Å². The van der Waals surface area contributed by atoms with Gasteiger partial charge in [-0.05, 0) is 24.6 Å². The van der Waals surface area contributed by atoms with Gasteiger partial charge in [-0.1, -0.05) is 48.6 Å². The molecular weight excluding hydrogens is 453 g/mol. The number of hydrogen-bond acceptors (Lipinski definition) is 6. The number of nitrogens with one attached hydrogen (secondary N) is 2. The molecule has 6 nitrogen and oxygen atoms in total.